The van der Waals surface area contributed by atoms with Crippen LogP contribution in [-0.2, 0) is 9.53 Å². The molecular formula is C22H28F3N5O4. The van der Waals surface area contributed by atoms with Crippen molar-refractivity contribution in [3.8, 4) is 17.6 Å². The first-order valence-corrected chi connectivity index (χ1v) is 10.9. The van der Waals surface area contributed by atoms with Gasteiger partial charge >= 0.3 is 6.18 Å². The fourth-order valence-electron chi connectivity index (χ4n) is 3.80. The highest BCUT2D eigenvalue weighted by molar-refractivity contribution is 5.85. The van der Waals surface area contributed by atoms with Crippen molar-refractivity contribution in [1.82, 2.24) is 15.1 Å². The minimum absolute atomic E-state index is 0.0466. The van der Waals surface area contributed by atoms with Gasteiger partial charge in [0.15, 0.2) is 6.61 Å². The van der Waals surface area contributed by atoms with Crippen LogP contribution in [0, 0.1) is 11.3 Å². The van der Waals surface area contributed by atoms with Gasteiger partial charge in [-0.25, -0.2) is 4.99 Å². The Morgan fingerprint density at radius 1 is 1.29 bits per heavy atom. The Bertz CT molecular complexity index is 942. The monoisotopic (exact) mass is 483 g/mol. The molecule has 1 atom stereocenters. The van der Waals surface area contributed by atoms with Crippen molar-refractivity contribution in [2.75, 3.05) is 59.6 Å². The summed E-state index contributed by atoms with van der Waals surface area (Å²) in [7, 11) is 1.36. The zero-order chi connectivity index (χ0) is 24.7. The molecule has 0 spiro atoms. The van der Waals surface area contributed by atoms with E-state index in [2.05, 4.69) is 10.3 Å². The van der Waals surface area contributed by atoms with Crippen molar-refractivity contribution < 1.29 is 32.2 Å². The number of rotatable bonds is 5. The lowest BCUT2D eigenvalue weighted by Crippen LogP contribution is -2.50. The Balaban J connectivity index is 1.75. The highest BCUT2D eigenvalue weighted by Gasteiger charge is 2.30. The molecule has 1 aromatic carbocycles. The largest absolute Gasteiger partial charge is 0.497 e. The summed E-state index contributed by atoms with van der Waals surface area (Å²) in [6.07, 6.45) is -4.33. The van der Waals surface area contributed by atoms with E-state index in [0.717, 1.165) is 6.54 Å². The third-order valence-electron chi connectivity index (χ3n) is 5.54. The van der Waals surface area contributed by atoms with Gasteiger partial charge in [-0.05, 0) is 13.3 Å². The van der Waals surface area contributed by atoms with Crippen LogP contribution in [0.25, 0.3) is 0 Å². The first-order chi connectivity index (χ1) is 16.2. The number of nitriles is 1. The number of hydrogen-bond donors (Lipinski definition) is 1. The number of amides is 1. The number of nitrogens with zero attached hydrogens (tertiary/aromatic N) is 4. The third-order valence-corrected chi connectivity index (χ3v) is 5.54. The summed E-state index contributed by atoms with van der Waals surface area (Å²) in [5, 5.41) is 12.7. The SMILES string of the molecule is COc1cc(/N=C(\C)N2CCCN(C(=O)C3CNCCO3)CC2)c(C#N)c(OCC(F)(F)F)c1. The standard InChI is InChI=1S/C22H28F3N5O4/c1-15(29-5-3-6-30(8-7-29)21(31)20-13-27-4-9-33-20)28-18-10-16(32-2)11-19(17(18)12-26)34-14-22(23,24)25/h10-11,20,27H,3-9,13-14H2,1-2H3/b28-15+. The van der Waals surface area contributed by atoms with Crippen LogP contribution >= 0.6 is 0 Å². The van der Waals surface area contributed by atoms with E-state index < -0.39 is 18.9 Å². The Morgan fingerprint density at radius 2 is 2.03 bits per heavy atom. The van der Waals surface area contributed by atoms with Gasteiger partial charge in [-0.2, -0.15) is 18.4 Å². The molecule has 186 valence electrons. The quantitative estimate of drug-likeness (QED) is 0.506. The van der Waals surface area contributed by atoms with Gasteiger partial charge in [0.05, 0.1) is 19.4 Å². The summed E-state index contributed by atoms with van der Waals surface area (Å²) in [5.74, 6) is 0.488. The smallest absolute Gasteiger partial charge is 0.422 e. The molecule has 34 heavy (non-hydrogen) atoms. The molecule has 1 aromatic rings. The highest BCUT2D eigenvalue weighted by atomic mass is 19.4. The maximum absolute atomic E-state index is 12.8. The fraction of sp³-hybridized carbons (Fsp3) is 0.591. The summed E-state index contributed by atoms with van der Waals surface area (Å²) in [6.45, 7) is 4.15. The third kappa shape index (κ3) is 6.74. The van der Waals surface area contributed by atoms with Crippen LogP contribution in [0.1, 0.15) is 18.9 Å². The molecule has 0 aliphatic carbocycles. The normalized spacial score (nSPS) is 19.9. The number of morpholine rings is 1. The molecule has 2 aliphatic heterocycles. The number of carbonyl (C=O) groups excluding carboxylic acids is 1. The fourth-order valence-corrected chi connectivity index (χ4v) is 3.80. The summed E-state index contributed by atoms with van der Waals surface area (Å²) >= 11 is 0. The molecule has 9 nitrogen and oxygen atoms in total. The van der Waals surface area contributed by atoms with E-state index in [4.69, 9.17) is 14.2 Å². The number of aliphatic imine (C=N–C) groups is 1. The van der Waals surface area contributed by atoms with E-state index in [0.29, 0.717) is 51.6 Å². The Labute approximate surface area is 196 Å². The topological polar surface area (TPSA) is 99.4 Å². The van der Waals surface area contributed by atoms with Crippen molar-refractivity contribution in [3.63, 3.8) is 0 Å². The second-order valence-electron chi connectivity index (χ2n) is 7.92. The lowest BCUT2D eigenvalue weighted by Gasteiger charge is -2.29. The summed E-state index contributed by atoms with van der Waals surface area (Å²) < 4.78 is 53.5. The molecule has 0 aromatic heterocycles. The van der Waals surface area contributed by atoms with E-state index in [9.17, 15) is 23.2 Å². The molecule has 0 radical (unpaired) electrons. The van der Waals surface area contributed by atoms with E-state index >= 15 is 0 Å². The van der Waals surface area contributed by atoms with Crippen LogP contribution in [0.3, 0.4) is 0 Å². The van der Waals surface area contributed by atoms with Gasteiger partial charge in [0.1, 0.15) is 35.1 Å². The number of carbonyl (C=O) groups is 1. The molecule has 12 heteroatoms. The second-order valence-corrected chi connectivity index (χ2v) is 7.92. The summed E-state index contributed by atoms with van der Waals surface area (Å²) in [5.41, 5.74) is 0.0355. The predicted molar refractivity (Wildman–Crippen MR) is 117 cm³/mol. The molecule has 0 bridgehead atoms. The molecule has 2 heterocycles. The molecule has 1 N–H and O–H groups in total. The van der Waals surface area contributed by atoms with E-state index in [1.165, 1.54) is 19.2 Å². The number of amidine groups is 1. The molecule has 3 rings (SSSR count). The summed E-state index contributed by atoms with van der Waals surface area (Å²) in [4.78, 5) is 21.0. The number of hydrogen-bond acceptors (Lipinski definition) is 7. The van der Waals surface area contributed by atoms with Crippen LogP contribution in [0.2, 0.25) is 0 Å². The van der Waals surface area contributed by atoms with Gasteiger partial charge in [-0.3, -0.25) is 4.79 Å². The molecule has 2 aliphatic rings. The molecule has 1 unspecified atom stereocenters. The maximum atomic E-state index is 12.8. The van der Waals surface area contributed by atoms with E-state index in [1.54, 1.807) is 11.8 Å². The van der Waals surface area contributed by atoms with Crippen LogP contribution in [0.5, 0.6) is 11.5 Å². The predicted octanol–water partition coefficient (Wildman–Crippen LogP) is 2.08. The number of ether oxygens (including phenoxy) is 3. The number of halogens is 3. The number of methoxy groups -OCH3 is 1. The number of nitrogens with one attached hydrogen (secondary N) is 1. The lowest BCUT2D eigenvalue weighted by atomic mass is 10.1. The van der Waals surface area contributed by atoms with Crippen molar-refractivity contribution >= 4 is 17.4 Å². The van der Waals surface area contributed by atoms with Crippen molar-refractivity contribution in [2.24, 2.45) is 4.99 Å². The number of alkyl halides is 3. The minimum atomic E-state index is -4.55. The molecule has 2 fully saturated rings. The van der Waals surface area contributed by atoms with Gasteiger partial charge in [-0.15, -0.1) is 0 Å². The van der Waals surface area contributed by atoms with Crippen LogP contribution in [-0.4, -0.2) is 93.4 Å². The van der Waals surface area contributed by atoms with Crippen molar-refractivity contribution in [1.29, 1.82) is 5.26 Å². The average molecular weight is 483 g/mol. The van der Waals surface area contributed by atoms with Crippen LogP contribution < -0.4 is 14.8 Å². The summed E-state index contributed by atoms with van der Waals surface area (Å²) in [6, 6.07) is 4.59. The molecule has 2 saturated heterocycles. The van der Waals surface area contributed by atoms with Crippen molar-refractivity contribution in [2.45, 2.75) is 25.6 Å². The zero-order valence-corrected chi connectivity index (χ0v) is 19.2. The second kappa shape index (κ2) is 11.4. The van der Waals surface area contributed by atoms with Gasteiger partial charge in [0.2, 0.25) is 0 Å². The highest BCUT2D eigenvalue weighted by Crippen LogP contribution is 2.35. The van der Waals surface area contributed by atoms with Gasteiger partial charge in [0, 0.05) is 51.4 Å². The average Bonchev–Trinajstić information content (AvgIpc) is 3.08. The van der Waals surface area contributed by atoms with Gasteiger partial charge in [-0.1, -0.05) is 0 Å². The first-order valence-electron chi connectivity index (χ1n) is 10.9. The molecular weight excluding hydrogens is 455 g/mol. The van der Waals surface area contributed by atoms with Gasteiger partial charge in [0.25, 0.3) is 5.91 Å². The Kier molecular flexibility index (Phi) is 8.57. The zero-order valence-electron chi connectivity index (χ0n) is 19.2. The Hall–Kier alpha value is -3.04. The van der Waals surface area contributed by atoms with Crippen LogP contribution in [0.4, 0.5) is 18.9 Å². The molecule has 0 saturated carbocycles. The van der Waals surface area contributed by atoms with E-state index in [1.807, 2.05) is 11.0 Å². The minimum Gasteiger partial charge on any atom is -0.497 e. The lowest BCUT2D eigenvalue weighted by molar-refractivity contribution is -0.153. The van der Waals surface area contributed by atoms with Crippen molar-refractivity contribution in [3.05, 3.63) is 17.7 Å². The number of benzene rings is 1. The molecule has 1 amide bonds. The Morgan fingerprint density at radius 3 is 2.68 bits per heavy atom. The maximum Gasteiger partial charge on any atom is 0.422 e. The van der Waals surface area contributed by atoms with Gasteiger partial charge < -0.3 is 29.3 Å². The van der Waals surface area contributed by atoms with E-state index in [-0.39, 0.29) is 28.7 Å². The first kappa shape index (κ1) is 25.6. The van der Waals surface area contributed by atoms with Crippen LogP contribution in [0.15, 0.2) is 17.1 Å².